The number of ether oxygens (including phenoxy) is 6. The highest BCUT2D eigenvalue weighted by molar-refractivity contribution is 9.11. The molecule has 25 nitrogen and oxygen atoms in total. The van der Waals surface area contributed by atoms with Crippen LogP contribution >= 0.6 is 44.1 Å². The molecule has 0 saturated carbocycles. The molecule has 28 heteroatoms. The number of nitrogens with two attached hydrogens (primary N) is 2. The van der Waals surface area contributed by atoms with Gasteiger partial charge in [-0.3, -0.25) is 23.5 Å². The highest BCUT2D eigenvalue weighted by Crippen LogP contribution is 2.52. The van der Waals surface area contributed by atoms with Gasteiger partial charge in [0.15, 0.2) is 17.4 Å². The van der Waals surface area contributed by atoms with Crippen molar-refractivity contribution in [3.05, 3.63) is 146 Å². The summed E-state index contributed by atoms with van der Waals surface area (Å²) in [4.78, 5) is 34.1. The predicted molar refractivity (Wildman–Crippen MR) is 464 cm³/mol. The van der Waals surface area contributed by atoms with Crippen molar-refractivity contribution in [2.75, 3.05) is 72.0 Å². The molecule has 6 aromatic carbocycles. The molecule has 0 fully saturated rings. The molecule has 0 radical (unpaired) electrons. The molecule has 0 spiro atoms. The van der Waals surface area contributed by atoms with Crippen LogP contribution in [0.25, 0.3) is 11.4 Å². The zero-order valence-corrected chi connectivity index (χ0v) is 74.1. The fourth-order valence-electron chi connectivity index (χ4n) is 16.4. The lowest BCUT2D eigenvalue weighted by Crippen LogP contribution is -2.46. The number of thiocarbonyl (C=S) groups is 1. The minimum atomic E-state index is -1.08. The number of rotatable bonds is 2. The van der Waals surface area contributed by atoms with E-state index in [9.17, 15) is 14.4 Å². The molecule has 11 aliphatic heterocycles. The molecule has 11 aliphatic rings. The van der Waals surface area contributed by atoms with Crippen molar-refractivity contribution < 1.29 is 47.9 Å². The zero-order chi connectivity index (χ0) is 83.4. The molecule has 115 heavy (non-hydrogen) atoms. The number of benzene rings is 6. The van der Waals surface area contributed by atoms with E-state index in [2.05, 4.69) is 206 Å². The molecule has 8 aromatic rings. The highest BCUT2D eigenvalue weighted by Gasteiger charge is 2.43. The molecule has 2 aromatic heterocycles. The zero-order valence-electron chi connectivity index (χ0n) is 70.1. The summed E-state index contributed by atoms with van der Waals surface area (Å²) in [5.41, 5.74) is 39.4. The summed E-state index contributed by atoms with van der Waals surface area (Å²) in [5, 5.41) is 47.6. The molecule has 0 unspecified atom stereocenters. The number of hydrogen-bond donors (Lipinski definition) is 9. The fraction of sp³-hybridized carbons (Fsp3) is 0.483. The number of aliphatic carboxylic acids is 1. The lowest BCUT2D eigenvalue weighted by Gasteiger charge is -2.37. The third-order valence-corrected chi connectivity index (χ3v) is 25.4. The Morgan fingerprint density at radius 3 is 1.37 bits per heavy atom. The maximum atomic E-state index is 12.0. The fourth-order valence-corrected chi connectivity index (χ4v) is 17.8. The number of nitrogens with zero attached hydrogens (tertiary/aromatic N) is 7. The van der Waals surface area contributed by atoms with E-state index in [0.717, 1.165) is 213 Å². The minimum Gasteiger partial charge on any atom is -0.493 e. The van der Waals surface area contributed by atoms with E-state index >= 15 is 0 Å². The van der Waals surface area contributed by atoms with Crippen molar-refractivity contribution in [3.8, 4) is 45.9 Å². The number of nitrogens with one attached hydrogen (secondary N) is 6. The molecule has 1 amide bonds. The molecule has 13 heterocycles. The van der Waals surface area contributed by atoms with Gasteiger partial charge in [-0.15, -0.1) is 20.4 Å². The van der Waals surface area contributed by atoms with Crippen molar-refractivity contribution in [1.29, 1.82) is 0 Å². The van der Waals surface area contributed by atoms with Gasteiger partial charge in [0, 0.05) is 124 Å². The van der Waals surface area contributed by atoms with Gasteiger partial charge in [0.2, 0.25) is 5.91 Å². The number of carboxylic acid groups (broad SMARTS) is 1. The lowest BCUT2D eigenvalue weighted by atomic mass is 9.83. The Morgan fingerprint density at radius 2 is 0.887 bits per heavy atom. The number of aryl methyl sites for hydroxylation is 7. The van der Waals surface area contributed by atoms with Gasteiger partial charge in [-0.25, -0.2) is 5.43 Å². The highest BCUT2D eigenvalue weighted by atomic mass is 79.9. The Labute approximate surface area is 696 Å². The number of hydrazone groups is 1. The third-order valence-electron chi connectivity index (χ3n) is 23.1. The molecule has 0 saturated heterocycles. The van der Waals surface area contributed by atoms with Crippen LogP contribution in [0.15, 0.2) is 44.4 Å². The van der Waals surface area contributed by atoms with Gasteiger partial charge < -0.3 is 71.6 Å². The van der Waals surface area contributed by atoms with Crippen LogP contribution in [0.2, 0.25) is 0 Å². The van der Waals surface area contributed by atoms with Crippen molar-refractivity contribution in [2.24, 2.45) is 10.8 Å². The number of carbonyl (C=O) groups is 3. The van der Waals surface area contributed by atoms with Gasteiger partial charge in [-0.05, 0) is 235 Å². The van der Waals surface area contributed by atoms with Crippen LogP contribution in [0, 0.1) is 55.4 Å². The van der Waals surface area contributed by atoms with Crippen LogP contribution in [-0.2, 0) is 83.2 Å². The molecule has 0 atom stereocenters. The quantitative estimate of drug-likeness (QED) is 0.0441. The number of carboxylic acids is 1. The Hall–Kier alpha value is -9.51. The first-order valence-corrected chi connectivity index (χ1v) is 41.4. The Bertz CT molecular complexity index is 5280. The van der Waals surface area contributed by atoms with Crippen LogP contribution in [0.1, 0.15) is 197 Å². The first-order chi connectivity index (χ1) is 53.9. The van der Waals surface area contributed by atoms with E-state index < -0.39 is 17.0 Å². The average molecular weight is 1720 g/mol. The van der Waals surface area contributed by atoms with Crippen molar-refractivity contribution in [2.45, 2.75) is 236 Å². The average Bonchev–Trinajstić information content (AvgIpc) is 1.63. The predicted octanol–water partition coefficient (Wildman–Crippen LogP) is 15.3. The smallest absolute Gasteiger partial charge is 0.323 e. The number of aromatic nitrogens is 6. The number of Topliss-reactive ketones (excluding diaryl/α,β-unsaturated/α-hetero) is 1. The van der Waals surface area contributed by atoms with Crippen molar-refractivity contribution in [1.82, 2.24) is 35.0 Å². The third kappa shape index (κ3) is 15.9. The number of anilines is 6. The van der Waals surface area contributed by atoms with Crippen LogP contribution in [0.5, 0.6) is 34.5 Å². The van der Waals surface area contributed by atoms with Gasteiger partial charge in [0.25, 0.3) is 0 Å². The number of amides is 1. The monoisotopic (exact) mass is 1710 g/mol. The second kappa shape index (κ2) is 31.2. The van der Waals surface area contributed by atoms with Gasteiger partial charge >= 0.3 is 5.97 Å². The number of nitrogen functional groups attached to an aromatic ring is 1. The van der Waals surface area contributed by atoms with Gasteiger partial charge in [0.05, 0.1) is 106 Å². The first-order valence-electron chi connectivity index (χ1n) is 39.4. The van der Waals surface area contributed by atoms with Crippen molar-refractivity contribution in [3.63, 3.8) is 0 Å². The first kappa shape index (κ1) is 83.4. The SMILES string of the molecule is CC(=O)N/N=C1\Cc2c(C)cc3c(c2NC1(C)C)CCO3.CC(C)(N)C(=O)O.Cc1c(Br)c2c(c3c1-n1c(C)nnc1C(C)(C)N3)CCO2.Cc1cc(Br)c2c(c1N)OCC2.Cc1cc2c(c3c1-n1c(C)nnc1C(C)(C)N3)CCO2.Cc1cc2c(c3c1CC(=O)C(C)(C)N3)CCO2.Cc1cc2c(c3c1CC(=S)C(C)(C)N3)CCO2. The van der Waals surface area contributed by atoms with Crippen LogP contribution < -0.4 is 71.9 Å². The van der Waals surface area contributed by atoms with Gasteiger partial charge in [-0.2, -0.15) is 5.10 Å². The molecular weight excluding hydrogens is 1610 g/mol. The molecule has 0 aliphatic carbocycles. The number of carbonyl (C=O) groups excluding carboxylic acids is 2. The van der Waals surface area contributed by atoms with E-state index in [0.29, 0.717) is 6.42 Å². The number of fused-ring (bicyclic) bond motifs is 20. The van der Waals surface area contributed by atoms with Crippen LogP contribution in [0.4, 0.5) is 34.1 Å². The summed E-state index contributed by atoms with van der Waals surface area (Å²) >= 11 is 12.7. The topological polar surface area (TPSA) is 325 Å². The maximum Gasteiger partial charge on any atom is 0.323 e. The Balaban J connectivity index is 0.000000119. The minimum absolute atomic E-state index is 0.0908. The molecule has 0 bridgehead atoms. The summed E-state index contributed by atoms with van der Waals surface area (Å²) in [6.07, 6.45) is 7.92. The second-order valence-corrected chi connectivity index (χ2v) is 36.8. The van der Waals surface area contributed by atoms with E-state index in [1.165, 1.54) is 105 Å². The molecular formula is C87H109Br2N15O10S. The Morgan fingerprint density at radius 1 is 0.504 bits per heavy atom. The summed E-state index contributed by atoms with van der Waals surface area (Å²) in [5.74, 6) is 8.78. The van der Waals surface area contributed by atoms with E-state index in [-0.39, 0.29) is 33.8 Å². The van der Waals surface area contributed by atoms with E-state index in [4.69, 9.17) is 57.2 Å². The summed E-state index contributed by atoms with van der Waals surface area (Å²) < 4.78 is 40.5. The number of ketones is 1. The summed E-state index contributed by atoms with van der Waals surface area (Å²) in [6.45, 7) is 46.3. The normalized spacial score (nSPS) is 18.2. The van der Waals surface area contributed by atoms with Gasteiger partial charge in [-0.1, -0.05) is 28.1 Å². The lowest BCUT2D eigenvalue weighted by molar-refractivity contribution is -0.142. The summed E-state index contributed by atoms with van der Waals surface area (Å²) in [6, 6.07) is 10.5. The van der Waals surface area contributed by atoms with Crippen molar-refractivity contribution >= 4 is 106 Å². The molecule has 612 valence electrons. The van der Waals surface area contributed by atoms with E-state index in [1.807, 2.05) is 47.6 Å². The summed E-state index contributed by atoms with van der Waals surface area (Å²) in [7, 11) is 0. The van der Waals surface area contributed by atoms with E-state index in [1.54, 1.807) is 0 Å². The van der Waals surface area contributed by atoms with Crippen LogP contribution in [0.3, 0.4) is 0 Å². The molecule has 11 N–H and O–H groups in total. The Kier molecular flexibility index (Phi) is 22.6. The maximum absolute atomic E-state index is 12.0. The standard InChI is InChI=1S/C16H21N3O2.C15H17BrN4O.C15H18N4O.C14H17NO2.C14H17NOS.C9H10BrNO.C4H9NO2/c1-9-7-13-11(5-6-21-13)15-12(9)8-14(16(3,4)17-15)19-18-10(2)20;1-7-10(16)13-9(5-6-21-13)11-12(7)20-8(2)18-19-14(20)15(3,4)17-11;1-8-7-11-10(5-6-20-11)12-13(8)19-9(2)17-18-14(19)15(3,4)16-12;1-8-6-11-9(4-5-17-11)13-10(8)7-12(16)14(2,3)15-13;1-8-6-11-9(4-5-16-11)13-10(8)7-12(17)14(2,3)15-13;1-5-4-7(10)6-2-3-12-9(6)8(5)11;1-4(2,5)3(6)7/h7,17H,5-6,8H2,1-4H3,(H,18,20);17H,5-6H2,1-4H3;7,16H,5-6H2,1-4H3;2*6,15H,4-5,7H2,1-3H3;4H,2-3,11H2,1H3;5H2,1-2H3,(H,6,7)/b19-14+;;;;;;. The number of hydrogen-bond acceptors (Lipinski definition) is 22. The second-order valence-electron chi connectivity index (χ2n) is 34.6. The van der Waals surface area contributed by atoms with Crippen LogP contribution in [-0.4, -0.2) is 125 Å². The van der Waals surface area contributed by atoms with Gasteiger partial charge in [0.1, 0.15) is 51.7 Å². The number of halogens is 2. The molecule has 19 rings (SSSR count). The largest absolute Gasteiger partial charge is 0.493 e.